The van der Waals surface area contributed by atoms with E-state index in [1.165, 1.54) is 12.8 Å². The Morgan fingerprint density at radius 3 is 2.87 bits per heavy atom. The van der Waals surface area contributed by atoms with Gasteiger partial charge in [0.25, 0.3) is 0 Å². The second-order valence-electron chi connectivity index (χ2n) is 4.61. The molecule has 1 saturated carbocycles. The lowest BCUT2D eigenvalue weighted by Gasteiger charge is -2.13. The van der Waals surface area contributed by atoms with Crippen LogP contribution in [0.1, 0.15) is 42.9 Å². The summed E-state index contributed by atoms with van der Waals surface area (Å²) in [6, 6.07) is 5.34. The maximum atomic E-state index is 13.7. The Morgan fingerprint density at radius 1 is 1.47 bits per heavy atom. The molecule has 2 heteroatoms. The summed E-state index contributed by atoms with van der Waals surface area (Å²) in [7, 11) is 0. The first-order valence-corrected chi connectivity index (χ1v) is 5.69. The van der Waals surface area contributed by atoms with E-state index in [0.29, 0.717) is 11.1 Å². The molecule has 1 aliphatic carbocycles. The van der Waals surface area contributed by atoms with Crippen molar-refractivity contribution >= 4 is 0 Å². The standard InChI is InChI=1S/C13H18FN/c1-9-3-2-4-11(13(9)14)12(15)8-7-10-5-6-10/h2-4,10,12H,5-8,15H2,1H3. The molecule has 0 aliphatic heterocycles. The normalized spacial score (nSPS) is 17.8. The van der Waals surface area contributed by atoms with E-state index >= 15 is 0 Å². The minimum absolute atomic E-state index is 0.124. The number of nitrogens with two attached hydrogens (primary N) is 1. The third kappa shape index (κ3) is 2.57. The summed E-state index contributed by atoms with van der Waals surface area (Å²) in [4.78, 5) is 0. The van der Waals surface area contributed by atoms with E-state index < -0.39 is 0 Å². The van der Waals surface area contributed by atoms with Gasteiger partial charge in [0.1, 0.15) is 5.82 Å². The van der Waals surface area contributed by atoms with Crippen LogP contribution in [0.15, 0.2) is 18.2 Å². The second-order valence-corrected chi connectivity index (χ2v) is 4.61. The Bertz CT molecular complexity index is 344. The van der Waals surface area contributed by atoms with Crippen LogP contribution < -0.4 is 5.73 Å². The van der Waals surface area contributed by atoms with Crippen molar-refractivity contribution in [3.63, 3.8) is 0 Å². The molecule has 0 heterocycles. The molecule has 82 valence electrons. The van der Waals surface area contributed by atoms with Crippen LogP contribution in [-0.4, -0.2) is 0 Å². The van der Waals surface area contributed by atoms with E-state index in [1.54, 1.807) is 19.1 Å². The monoisotopic (exact) mass is 207 g/mol. The van der Waals surface area contributed by atoms with Gasteiger partial charge in [-0.25, -0.2) is 4.39 Å². The van der Waals surface area contributed by atoms with Gasteiger partial charge in [0.05, 0.1) is 0 Å². The van der Waals surface area contributed by atoms with Crippen molar-refractivity contribution in [3.8, 4) is 0 Å². The van der Waals surface area contributed by atoms with Crippen molar-refractivity contribution in [1.82, 2.24) is 0 Å². The Kier molecular flexibility index (Phi) is 3.06. The van der Waals surface area contributed by atoms with Crippen molar-refractivity contribution in [3.05, 3.63) is 35.1 Å². The van der Waals surface area contributed by atoms with Gasteiger partial charge in [0.2, 0.25) is 0 Å². The first-order chi connectivity index (χ1) is 7.18. The molecule has 15 heavy (non-hydrogen) atoms. The van der Waals surface area contributed by atoms with Gasteiger partial charge in [0.15, 0.2) is 0 Å². The van der Waals surface area contributed by atoms with Crippen LogP contribution in [0.25, 0.3) is 0 Å². The zero-order valence-electron chi connectivity index (χ0n) is 9.17. The fourth-order valence-corrected chi connectivity index (χ4v) is 1.93. The Morgan fingerprint density at radius 2 is 2.20 bits per heavy atom. The Labute approximate surface area is 90.5 Å². The molecule has 1 aliphatic rings. The lowest BCUT2D eigenvalue weighted by molar-refractivity contribution is 0.531. The molecular weight excluding hydrogens is 189 g/mol. The molecule has 0 amide bonds. The third-order valence-electron chi connectivity index (χ3n) is 3.20. The van der Waals surface area contributed by atoms with Crippen LogP contribution in [0.5, 0.6) is 0 Å². The number of hydrogen-bond donors (Lipinski definition) is 1. The molecule has 1 unspecified atom stereocenters. The zero-order valence-corrected chi connectivity index (χ0v) is 9.17. The molecule has 0 spiro atoms. The summed E-state index contributed by atoms with van der Waals surface area (Å²) in [6.45, 7) is 1.78. The van der Waals surface area contributed by atoms with E-state index in [2.05, 4.69) is 0 Å². The van der Waals surface area contributed by atoms with Gasteiger partial charge in [-0.05, 0) is 31.2 Å². The van der Waals surface area contributed by atoms with Gasteiger partial charge in [-0.2, -0.15) is 0 Å². The van der Waals surface area contributed by atoms with Gasteiger partial charge >= 0.3 is 0 Å². The number of halogens is 1. The van der Waals surface area contributed by atoms with Crippen molar-refractivity contribution < 1.29 is 4.39 Å². The Hall–Kier alpha value is -0.890. The number of benzene rings is 1. The van der Waals surface area contributed by atoms with Crippen molar-refractivity contribution in [2.24, 2.45) is 11.7 Å². The molecule has 0 aromatic heterocycles. The van der Waals surface area contributed by atoms with E-state index in [4.69, 9.17) is 5.73 Å². The molecule has 0 bridgehead atoms. The largest absolute Gasteiger partial charge is 0.324 e. The molecule has 1 nitrogen and oxygen atoms in total. The molecule has 1 aromatic rings. The smallest absolute Gasteiger partial charge is 0.130 e. The summed E-state index contributed by atoms with van der Waals surface area (Å²) in [5.74, 6) is 0.740. The lowest BCUT2D eigenvalue weighted by atomic mass is 9.99. The quantitative estimate of drug-likeness (QED) is 0.805. The summed E-state index contributed by atoms with van der Waals surface area (Å²) < 4.78 is 13.7. The van der Waals surface area contributed by atoms with E-state index in [1.807, 2.05) is 6.07 Å². The van der Waals surface area contributed by atoms with Crippen LogP contribution in [-0.2, 0) is 0 Å². The average Bonchev–Trinajstić information content (AvgIpc) is 3.02. The van der Waals surface area contributed by atoms with Gasteiger partial charge in [0, 0.05) is 11.6 Å². The molecule has 0 saturated heterocycles. The van der Waals surface area contributed by atoms with Gasteiger partial charge < -0.3 is 5.73 Å². The summed E-state index contributed by atoms with van der Waals surface area (Å²) in [6.07, 6.45) is 4.73. The predicted molar refractivity (Wildman–Crippen MR) is 60.0 cm³/mol. The molecule has 1 aromatic carbocycles. The number of aryl methyl sites for hydroxylation is 1. The van der Waals surface area contributed by atoms with Gasteiger partial charge in [-0.1, -0.05) is 31.0 Å². The highest BCUT2D eigenvalue weighted by molar-refractivity contribution is 5.27. The Balaban J connectivity index is 2.02. The summed E-state index contributed by atoms with van der Waals surface area (Å²) in [5, 5.41) is 0. The minimum atomic E-state index is -0.134. The highest BCUT2D eigenvalue weighted by atomic mass is 19.1. The van der Waals surface area contributed by atoms with Gasteiger partial charge in [-0.3, -0.25) is 0 Å². The fraction of sp³-hybridized carbons (Fsp3) is 0.538. The highest BCUT2D eigenvalue weighted by Gasteiger charge is 2.22. The van der Waals surface area contributed by atoms with E-state index in [9.17, 15) is 4.39 Å². The van der Waals surface area contributed by atoms with Crippen LogP contribution in [0.2, 0.25) is 0 Å². The van der Waals surface area contributed by atoms with Crippen molar-refractivity contribution in [2.45, 2.75) is 38.6 Å². The SMILES string of the molecule is Cc1cccc(C(N)CCC2CC2)c1F. The highest BCUT2D eigenvalue weighted by Crippen LogP contribution is 2.35. The number of hydrogen-bond acceptors (Lipinski definition) is 1. The molecule has 0 radical (unpaired) electrons. The van der Waals surface area contributed by atoms with E-state index in [-0.39, 0.29) is 11.9 Å². The molecule has 2 N–H and O–H groups in total. The summed E-state index contributed by atoms with van der Waals surface area (Å²) in [5.41, 5.74) is 7.37. The van der Waals surface area contributed by atoms with E-state index in [0.717, 1.165) is 18.8 Å². The average molecular weight is 207 g/mol. The van der Waals surface area contributed by atoms with Crippen molar-refractivity contribution in [1.29, 1.82) is 0 Å². The maximum absolute atomic E-state index is 13.7. The number of rotatable bonds is 4. The first kappa shape index (κ1) is 10.6. The fourth-order valence-electron chi connectivity index (χ4n) is 1.93. The molecule has 1 fully saturated rings. The first-order valence-electron chi connectivity index (χ1n) is 5.69. The van der Waals surface area contributed by atoms with Crippen LogP contribution >= 0.6 is 0 Å². The third-order valence-corrected chi connectivity index (χ3v) is 3.20. The second kappa shape index (κ2) is 4.31. The summed E-state index contributed by atoms with van der Waals surface area (Å²) >= 11 is 0. The van der Waals surface area contributed by atoms with Crippen molar-refractivity contribution in [2.75, 3.05) is 0 Å². The van der Waals surface area contributed by atoms with Crippen LogP contribution in [0.3, 0.4) is 0 Å². The maximum Gasteiger partial charge on any atom is 0.130 e. The van der Waals surface area contributed by atoms with Crippen LogP contribution in [0.4, 0.5) is 4.39 Å². The molecule has 1 atom stereocenters. The minimum Gasteiger partial charge on any atom is -0.324 e. The topological polar surface area (TPSA) is 26.0 Å². The lowest BCUT2D eigenvalue weighted by Crippen LogP contribution is -2.12. The zero-order chi connectivity index (χ0) is 10.8. The predicted octanol–water partition coefficient (Wildman–Crippen LogP) is 3.32. The molecule has 2 rings (SSSR count). The molecular formula is C13H18FN. The van der Waals surface area contributed by atoms with Gasteiger partial charge in [-0.15, -0.1) is 0 Å². The van der Waals surface area contributed by atoms with Crippen LogP contribution in [0, 0.1) is 18.7 Å².